The van der Waals surface area contributed by atoms with Gasteiger partial charge in [-0.05, 0) is 79.9 Å². The van der Waals surface area contributed by atoms with Gasteiger partial charge in [-0.2, -0.15) is 0 Å². The zero-order valence-corrected chi connectivity index (χ0v) is 21.6. The summed E-state index contributed by atoms with van der Waals surface area (Å²) in [5.74, 6) is 0.230. The first-order valence-corrected chi connectivity index (χ1v) is 12.1. The molecule has 192 valence electrons. The zero-order valence-electron chi connectivity index (χ0n) is 21.6. The van der Waals surface area contributed by atoms with E-state index in [1.807, 2.05) is 69.3 Å². The summed E-state index contributed by atoms with van der Waals surface area (Å²) in [6.45, 7) is 5.82. The van der Waals surface area contributed by atoms with Crippen LogP contribution in [-0.2, 0) is 16.1 Å². The van der Waals surface area contributed by atoms with Gasteiger partial charge in [-0.15, -0.1) is 0 Å². The van der Waals surface area contributed by atoms with Crippen molar-refractivity contribution in [3.63, 3.8) is 0 Å². The van der Waals surface area contributed by atoms with Gasteiger partial charge in [0, 0.05) is 12.1 Å². The number of nitrogens with zero attached hydrogens (tertiary/aromatic N) is 1. The molecule has 3 aromatic rings. The Morgan fingerprint density at radius 2 is 1.59 bits per heavy atom. The molecular formula is C30H31NO6. The number of carbonyl (C=O) groups is 2. The Balaban J connectivity index is 1.87. The van der Waals surface area contributed by atoms with Crippen molar-refractivity contribution < 1.29 is 28.9 Å². The van der Waals surface area contributed by atoms with Gasteiger partial charge in [-0.25, -0.2) is 0 Å². The lowest BCUT2D eigenvalue weighted by Gasteiger charge is -2.26. The molecule has 0 bridgehead atoms. The van der Waals surface area contributed by atoms with Crippen LogP contribution in [0.2, 0.25) is 0 Å². The minimum Gasteiger partial charge on any atom is -0.507 e. The molecule has 1 heterocycles. The summed E-state index contributed by atoms with van der Waals surface area (Å²) in [5.41, 5.74) is 2.66. The van der Waals surface area contributed by atoms with Crippen LogP contribution in [0.3, 0.4) is 0 Å². The van der Waals surface area contributed by atoms with Crippen LogP contribution in [0.15, 0.2) is 72.3 Å². The van der Waals surface area contributed by atoms with E-state index in [0.29, 0.717) is 33.9 Å². The average molecular weight is 502 g/mol. The number of benzene rings is 3. The number of amides is 1. The molecule has 1 atom stereocenters. The smallest absolute Gasteiger partial charge is 0.295 e. The van der Waals surface area contributed by atoms with Gasteiger partial charge >= 0.3 is 0 Å². The fraction of sp³-hybridized carbons (Fsp3) is 0.267. The van der Waals surface area contributed by atoms with E-state index >= 15 is 0 Å². The lowest BCUT2D eigenvalue weighted by Crippen LogP contribution is -2.29. The number of ether oxygens (including phenoxy) is 3. The van der Waals surface area contributed by atoms with Crippen molar-refractivity contribution in [2.24, 2.45) is 0 Å². The molecule has 1 saturated heterocycles. The van der Waals surface area contributed by atoms with E-state index in [2.05, 4.69) is 0 Å². The number of hydrogen-bond donors (Lipinski definition) is 1. The Kier molecular flexibility index (Phi) is 7.53. The highest BCUT2D eigenvalue weighted by Crippen LogP contribution is 2.42. The van der Waals surface area contributed by atoms with Gasteiger partial charge in [0.15, 0.2) is 0 Å². The second kappa shape index (κ2) is 10.8. The van der Waals surface area contributed by atoms with Crippen LogP contribution in [0.25, 0.3) is 5.76 Å². The minimum absolute atomic E-state index is 0.0304. The van der Waals surface area contributed by atoms with Crippen molar-refractivity contribution in [2.75, 3.05) is 14.2 Å². The molecule has 1 N–H and O–H groups in total. The number of hydrogen-bond acceptors (Lipinski definition) is 6. The molecule has 0 spiro atoms. The van der Waals surface area contributed by atoms with Crippen LogP contribution >= 0.6 is 0 Å². The van der Waals surface area contributed by atoms with E-state index in [1.54, 1.807) is 32.4 Å². The molecule has 1 amide bonds. The van der Waals surface area contributed by atoms with E-state index in [-0.39, 0.29) is 24.0 Å². The predicted octanol–water partition coefficient (Wildman–Crippen LogP) is 5.42. The maximum Gasteiger partial charge on any atom is 0.295 e. The molecule has 3 aromatic carbocycles. The van der Waals surface area contributed by atoms with Crippen LogP contribution in [0.1, 0.15) is 42.1 Å². The highest BCUT2D eigenvalue weighted by Gasteiger charge is 2.46. The van der Waals surface area contributed by atoms with Gasteiger partial charge in [0.05, 0.1) is 31.9 Å². The summed E-state index contributed by atoms with van der Waals surface area (Å²) < 4.78 is 16.5. The van der Waals surface area contributed by atoms with Gasteiger partial charge in [0.1, 0.15) is 23.0 Å². The lowest BCUT2D eigenvalue weighted by atomic mass is 9.93. The summed E-state index contributed by atoms with van der Waals surface area (Å²) in [6.07, 6.45) is -0.0552. The molecule has 1 aliphatic heterocycles. The Hall–Kier alpha value is -4.26. The van der Waals surface area contributed by atoms with Crippen molar-refractivity contribution in [3.8, 4) is 17.2 Å². The maximum atomic E-state index is 13.4. The lowest BCUT2D eigenvalue weighted by molar-refractivity contribution is -0.140. The standard InChI is InChI=1S/C30H31NO6/c1-18(2)37-24-11-7-9-21(16-24)27-26(28(32)25-13-12-23(36-5)14-19(25)3)29(33)30(34)31(27)17-20-8-6-10-22(15-20)35-4/h6-16,18,27,32H,17H2,1-5H3/b28-26+. The molecule has 0 saturated carbocycles. The largest absolute Gasteiger partial charge is 0.507 e. The van der Waals surface area contributed by atoms with Crippen LogP contribution in [0.4, 0.5) is 0 Å². The number of aliphatic hydroxyl groups is 1. The number of methoxy groups -OCH3 is 2. The fourth-order valence-electron chi connectivity index (χ4n) is 4.56. The number of Topliss-reactive ketones (excluding diaryl/α,β-unsaturated/α-hetero) is 1. The van der Waals surface area contributed by atoms with Gasteiger partial charge in [-0.3, -0.25) is 9.59 Å². The number of carbonyl (C=O) groups excluding carboxylic acids is 2. The first-order valence-electron chi connectivity index (χ1n) is 12.1. The Labute approximate surface area is 216 Å². The van der Waals surface area contributed by atoms with E-state index < -0.39 is 17.7 Å². The third-order valence-electron chi connectivity index (χ3n) is 6.26. The molecule has 1 fully saturated rings. The zero-order chi connectivity index (χ0) is 26.7. The second-order valence-electron chi connectivity index (χ2n) is 9.20. The highest BCUT2D eigenvalue weighted by molar-refractivity contribution is 6.46. The van der Waals surface area contributed by atoms with Crippen LogP contribution < -0.4 is 14.2 Å². The van der Waals surface area contributed by atoms with Gasteiger partial charge in [0.2, 0.25) is 0 Å². The number of ketones is 1. The summed E-state index contributed by atoms with van der Waals surface area (Å²) in [4.78, 5) is 28.3. The SMILES string of the molecule is COc1cccc(CN2C(=O)C(=O)/C(=C(/O)c3ccc(OC)cc3C)C2c2cccc(OC(C)C)c2)c1. The Morgan fingerprint density at radius 3 is 2.27 bits per heavy atom. The number of aryl methyl sites for hydroxylation is 1. The van der Waals surface area contributed by atoms with Crippen LogP contribution in [-0.4, -0.2) is 42.0 Å². The van der Waals surface area contributed by atoms with Crippen LogP contribution in [0, 0.1) is 6.92 Å². The average Bonchev–Trinajstić information content (AvgIpc) is 3.13. The maximum absolute atomic E-state index is 13.4. The van der Waals surface area contributed by atoms with E-state index in [9.17, 15) is 14.7 Å². The Bertz CT molecular complexity index is 1360. The number of likely N-dealkylation sites (tertiary alicyclic amines) is 1. The topological polar surface area (TPSA) is 85.3 Å². The van der Waals surface area contributed by atoms with E-state index in [4.69, 9.17) is 14.2 Å². The number of aliphatic hydroxyl groups excluding tert-OH is 1. The Morgan fingerprint density at radius 1 is 0.919 bits per heavy atom. The van der Waals surface area contributed by atoms with Crippen molar-refractivity contribution in [2.45, 2.75) is 39.5 Å². The molecule has 0 aromatic heterocycles. The number of rotatable bonds is 8. The predicted molar refractivity (Wildman–Crippen MR) is 141 cm³/mol. The molecule has 7 nitrogen and oxygen atoms in total. The highest BCUT2D eigenvalue weighted by atomic mass is 16.5. The molecule has 0 aliphatic carbocycles. The molecule has 37 heavy (non-hydrogen) atoms. The minimum atomic E-state index is -0.816. The molecule has 7 heteroatoms. The monoisotopic (exact) mass is 501 g/mol. The normalized spacial score (nSPS) is 16.8. The first-order chi connectivity index (χ1) is 17.7. The fourth-order valence-corrected chi connectivity index (χ4v) is 4.56. The summed E-state index contributed by atoms with van der Waals surface area (Å²) >= 11 is 0. The van der Waals surface area contributed by atoms with Crippen molar-refractivity contribution >= 4 is 17.4 Å². The van der Waals surface area contributed by atoms with E-state index in [0.717, 1.165) is 5.56 Å². The molecule has 0 radical (unpaired) electrons. The molecular weight excluding hydrogens is 470 g/mol. The summed E-state index contributed by atoms with van der Waals surface area (Å²) in [6, 6.07) is 19.0. The third kappa shape index (κ3) is 5.31. The summed E-state index contributed by atoms with van der Waals surface area (Å²) in [7, 11) is 3.13. The van der Waals surface area contributed by atoms with Crippen molar-refractivity contribution in [1.29, 1.82) is 0 Å². The van der Waals surface area contributed by atoms with Crippen LogP contribution in [0.5, 0.6) is 17.2 Å². The molecule has 1 aliphatic rings. The molecule has 4 rings (SSSR count). The van der Waals surface area contributed by atoms with Gasteiger partial charge in [-0.1, -0.05) is 24.3 Å². The summed E-state index contributed by atoms with van der Waals surface area (Å²) in [5, 5.41) is 11.5. The van der Waals surface area contributed by atoms with Crippen molar-refractivity contribution in [1.82, 2.24) is 4.90 Å². The van der Waals surface area contributed by atoms with Crippen molar-refractivity contribution in [3.05, 3.63) is 94.6 Å². The first kappa shape index (κ1) is 25.8. The second-order valence-corrected chi connectivity index (χ2v) is 9.20. The quantitative estimate of drug-likeness (QED) is 0.252. The van der Waals surface area contributed by atoms with Gasteiger partial charge < -0.3 is 24.2 Å². The third-order valence-corrected chi connectivity index (χ3v) is 6.26. The molecule has 1 unspecified atom stereocenters. The van der Waals surface area contributed by atoms with E-state index in [1.165, 1.54) is 4.90 Å². The van der Waals surface area contributed by atoms with Gasteiger partial charge in [0.25, 0.3) is 11.7 Å².